The highest BCUT2D eigenvalue weighted by molar-refractivity contribution is 5.92. The Hall–Kier alpha value is -0.670. The van der Waals surface area contributed by atoms with Gasteiger partial charge >= 0.3 is 0 Å². The number of carbonyl (C=O) groups excluding carboxylic acids is 1. The predicted octanol–water partition coefficient (Wildman–Crippen LogP) is 2.71. The summed E-state index contributed by atoms with van der Waals surface area (Å²) in [6, 6.07) is 0. The molecule has 3 heteroatoms. The molecule has 0 bridgehead atoms. The van der Waals surface area contributed by atoms with Crippen molar-refractivity contribution in [3.63, 3.8) is 0 Å². The lowest BCUT2D eigenvalue weighted by molar-refractivity contribution is -0.159. The highest BCUT2D eigenvalue weighted by atomic mass is 16.3. The third kappa shape index (κ3) is 1.61. The minimum Gasteiger partial charge on any atom is -0.393 e. The number of hydrogen-bond acceptors (Lipinski definition) is 3. The topological polar surface area (TPSA) is 57.5 Å². The lowest BCUT2D eigenvalue weighted by atomic mass is 9.44. The maximum Gasteiger partial charge on any atom is 0.142 e. The van der Waals surface area contributed by atoms with Gasteiger partial charge in [-0.15, -0.1) is 0 Å². The second-order valence-corrected chi connectivity index (χ2v) is 9.68. The minimum atomic E-state index is -0.845. The molecule has 5 aliphatic rings. The Balaban J connectivity index is 1.59. The number of fused-ring (bicyclic) bond motifs is 7. The van der Waals surface area contributed by atoms with Crippen molar-refractivity contribution in [3.05, 3.63) is 12.2 Å². The van der Waals surface area contributed by atoms with Gasteiger partial charge < -0.3 is 10.2 Å². The Morgan fingerprint density at radius 3 is 2.78 bits per heavy atom. The van der Waals surface area contributed by atoms with Crippen LogP contribution in [0.5, 0.6) is 0 Å². The van der Waals surface area contributed by atoms with E-state index in [1.807, 2.05) is 6.08 Å². The molecular formula is C20H28O3. The Bertz CT molecular complexity index is 612. The summed E-state index contributed by atoms with van der Waals surface area (Å²) in [6.07, 6.45) is 9.16. The van der Waals surface area contributed by atoms with Gasteiger partial charge in [0.1, 0.15) is 5.78 Å². The first-order valence-corrected chi connectivity index (χ1v) is 9.44. The summed E-state index contributed by atoms with van der Waals surface area (Å²) in [7, 11) is 0. The number of hydrogen-bond donors (Lipinski definition) is 2. The fourth-order valence-electron chi connectivity index (χ4n) is 7.36. The second-order valence-electron chi connectivity index (χ2n) is 9.68. The molecule has 2 N–H and O–H groups in total. The van der Waals surface area contributed by atoms with E-state index in [1.54, 1.807) is 0 Å². The van der Waals surface area contributed by atoms with Gasteiger partial charge in [0, 0.05) is 17.8 Å². The summed E-state index contributed by atoms with van der Waals surface area (Å²) in [5.74, 6) is 2.60. The Labute approximate surface area is 138 Å². The van der Waals surface area contributed by atoms with Crippen LogP contribution in [-0.2, 0) is 4.79 Å². The van der Waals surface area contributed by atoms with E-state index >= 15 is 0 Å². The van der Waals surface area contributed by atoms with Crippen molar-refractivity contribution in [2.24, 2.45) is 40.4 Å². The molecule has 23 heavy (non-hydrogen) atoms. The molecule has 0 aromatic carbocycles. The molecule has 0 unspecified atom stereocenters. The van der Waals surface area contributed by atoms with Crippen LogP contribution in [0.2, 0.25) is 0 Å². The molecule has 0 aliphatic heterocycles. The summed E-state index contributed by atoms with van der Waals surface area (Å²) in [5, 5.41) is 21.2. The lowest BCUT2D eigenvalue weighted by Crippen LogP contribution is -2.60. The normalized spacial score (nSPS) is 63.0. The van der Waals surface area contributed by atoms with Crippen LogP contribution in [0.3, 0.4) is 0 Å². The van der Waals surface area contributed by atoms with Gasteiger partial charge in [-0.1, -0.05) is 26.0 Å². The number of aliphatic hydroxyl groups is 2. The molecule has 4 saturated carbocycles. The van der Waals surface area contributed by atoms with Crippen molar-refractivity contribution < 1.29 is 15.0 Å². The summed E-state index contributed by atoms with van der Waals surface area (Å²) in [5.41, 5.74) is -0.889. The van der Waals surface area contributed by atoms with Gasteiger partial charge in [0.15, 0.2) is 0 Å². The highest BCUT2D eigenvalue weighted by Gasteiger charge is 2.72. The van der Waals surface area contributed by atoms with E-state index in [2.05, 4.69) is 19.9 Å². The number of allylic oxidation sites excluding steroid dienone is 1. The van der Waals surface area contributed by atoms with E-state index in [9.17, 15) is 15.0 Å². The molecule has 0 aromatic heterocycles. The fourth-order valence-corrected chi connectivity index (χ4v) is 7.36. The van der Waals surface area contributed by atoms with E-state index < -0.39 is 5.60 Å². The van der Waals surface area contributed by atoms with Crippen LogP contribution in [0.1, 0.15) is 52.4 Å². The van der Waals surface area contributed by atoms with E-state index in [-0.39, 0.29) is 22.9 Å². The maximum absolute atomic E-state index is 12.8. The Morgan fingerprint density at radius 2 is 2.00 bits per heavy atom. The molecule has 4 fully saturated rings. The van der Waals surface area contributed by atoms with Crippen molar-refractivity contribution in [2.45, 2.75) is 64.1 Å². The zero-order valence-electron chi connectivity index (χ0n) is 14.2. The molecule has 9 atom stereocenters. The van der Waals surface area contributed by atoms with E-state index in [4.69, 9.17) is 0 Å². The van der Waals surface area contributed by atoms with Crippen LogP contribution in [-0.4, -0.2) is 27.7 Å². The van der Waals surface area contributed by atoms with Crippen molar-refractivity contribution >= 4 is 5.78 Å². The summed E-state index contributed by atoms with van der Waals surface area (Å²) < 4.78 is 0. The van der Waals surface area contributed by atoms with Gasteiger partial charge in [0.2, 0.25) is 0 Å². The second kappa shape index (κ2) is 4.11. The molecule has 5 rings (SSSR count). The van der Waals surface area contributed by atoms with Crippen molar-refractivity contribution in [2.75, 3.05) is 0 Å². The first-order valence-electron chi connectivity index (χ1n) is 9.44. The van der Waals surface area contributed by atoms with Crippen LogP contribution >= 0.6 is 0 Å². The summed E-state index contributed by atoms with van der Waals surface area (Å²) >= 11 is 0. The highest BCUT2D eigenvalue weighted by Crippen LogP contribution is 2.72. The van der Waals surface area contributed by atoms with Crippen molar-refractivity contribution in [3.8, 4) is 0 Å². The average molecular weight is 316 g/mol. The quantitative estimate of drug-likeness (QED) is 0.676. The van der Waals surface area contributed by atoms with E-state index in [0.717, 1.165) is 32.1 Å². The van der Waals surface area contributed by atoms with Gasteiger partial charge in [-0.3, -0.25) is 4.79 Å². The molecule has 0 aromatic rings. The Morgan fingerprint density at radius 1 is 1.22 bits per heavy atom. The van der Waals surface area contributed by atoms with Gasteiger partial charge in [-0.25, -0.2) is 0 Å². The molecule has 0 amide bonds. The third-order valence-electron chi connectivity index (χ3n) is 8.61. The average Bonchev–Trinajstić information content (AvgIpc) is 3.22. The molecular weight excluding hydrogens is 288 g/mol. The fraction of sp³-hybridized carbons (Fsp3) is 0.850. The smallest absolute Gasteiger partial charge is 0.142 e. The van der Waals surface area contributed by atoms with Crippen LogP contribution in [0, 0.1) is 40.4 Å². The van der Waals surface area contributed by atoms with Crippen molar-refractivity contribution in [1.82, 2.24) is 0 Å². The number of ketones is 1. The molecule has 3 nitrogen and oxygen atoms in total. The van der Waals surface area contributed by atoms with Crippen LogP contribution in [0.25, 0.3) is 0 Å². The van der Waals surface area contributed by atoms with Gasteiger partial charge in [-0.05, 0) is 61.2 Å². The third-order valence-corrected chi connectivity index (χ3v) is 8.61. The first-order chi connectivity index (χ1) is 10.8. The zero-order chi connectivity index (χ0) is 16.2. The largest absolute Gasteiger partial charge is 0.393 e. The number of aliphatic hydroxyl groups excluding tert-OH is 1. The van der Waals surface area contributed by atoms with Crippen LogP contribution in [0.15, 0.2) is 12.2 Å². The monoisotopic (exact) mass is 316 g/mol. The van der Waals surface area contributed by atoms with Crippen LogP contribution in [0.4, 0.5) is 0 Å². The SMILES string of the molecule is C[C@]12CC[C@]3(C)C(=O)[C@H]4C[C@H]4[C@H]3[C@@H]1C=C[C@]1(O)C[C@@H](O)CC[C@H]21. The zero-order valence-corrected chi connectivity index (χ0v) is 14.2. The summed E-state index contributed by atoms with van der Waals surface area (Å²) in [4.78, 5) is 12.8. The molecule has 126 valence electrons. The summed E-state index contributed by atoms with van der Waals surface area (Å²) in [6.45, 7) is 4.57. The molecule has 0 spiro atoms. The van der Waals surface area contributed by atoms with Gasteiger partial charge in [0.25, 0.3) is 0 Å². The minimum absolute atomic E-state index is 0.0750. The maximum atomic E-state index is 12.8. The van der Waals surface area contributed by atoms with Gasteiger partial charge in [0.05, 0.1) is 11.7 Å². The number of Topliss-reactive ketones (excluding diaryl/α,β-unsaturated/α-hetero) is 1. The molecule has 0 heterocycles. The van der Waals surface area contributed by atoms with E-state index in [1.165, 1.54) is 0 Å². The predicted molar refractivity (Wildman–Crippen MR) is 86.5 cm³/mol. The molecule has 0 saturated heterocycles. The Kier molecular flexibility index (Phi) is 2.62. The molecule has 0 radical (unpaired) electrons. The van der Waals surface area contributed by atoms with E-state index in [0.29, 0.717) is 35.9 Å². The van der Waals surface area contributed by atoms with Crippen LogP contribution < -0.4 is 0 Å². The van der Waals surface area contributed by atoms with Gasteiger partial charge in [-0.2, -0.15) is 0 Å². The first kappa shape index (κ1) is 14.7. The van der Waals surface area contributed by atoms with Crippen molar-refractivity contribution in [1.29, 1.82) is 0 Å². The standard InChI is InChI=1S/C20H28O3/c1-18-7-8-19(2)16(12-9-13(12)17(19)22)14(18)5-6-20(23)10-11(21)3-4-15(18)20/h5-6,11-16,21,23H,3-4,7-10H2,1-2H3/t11-,12+,13-,14-,15+,16-,18-,19-,20-/m0/s1. The lowest BCUT2D eigenvalue weighted by Gasteiger charge is -2.61. The molecule has 5 aliphatic carbocycles. The number of carbonyl (C=O) groups is 1. The number of rotatable bonds is 0.